The maximum atomic E-state index is 9.47. The quantitative estimate of drug-likeness (QED) is 0.830. The molecule has 2 heterocycles. The second kappa shape index (κ2) is 7.37. The number of benzene rings is 1. The molecule has 1 fully saturated rings. The summed E-state index contributed by atoms with van der Waals surface area (Å²) in [5, 5.41) is 16.0. The average molecular weight is 363 g/mol. The van der Waals surface area contributed by atoms with Crippen molar-refractivity contribution in [1.29, 1.82) is 5.26 Å². The molecule has 128 valence electrons. The molecule has 6 heteroatoms. The standard InChI is InChI=1S/C18H23ClN4S/c1-3-4-5-16-10-18(24-2,14-6-8-15(19)9-7-14)23-17(22-16)13(11-20)12-21-23/h6-9,12,16-17,21-22H,3-5,10H2,1-2H3. The summed E-state index contributed by atoms with van der Waals surface area (Å²) < 4.78 is 0. The molecule has 0 radical (unpaired) electrons. The molecule has 24 heavy (non-hydrogen) atoms. The number of nitrogens with zero attached hydrogens (tertiary/aromatic N) is 2. The first kappa shape index (κ1) is 17.6. The van der Waals surface area contributed by atoms with Crippen LogP contribution in [0.3, 0.4) is 0 Å². The summed E-state index contributed by atoms with van der Waals surface area (Å²) in [6.45, 7) is 2.22. The highest BCUT2D eigenvalue weighted by atomic mass is 35.5. The van der Waals surface area contributed by atoms with Crippen LogP contribution in [0.25, 0.3) is 0 Å². The summed E-state index contributed by atoms with van der Waals surface area (Å²) in [6.07, 6.45) is 8.34. The third-order valence-corrected chi connectivity index (χ3v) is 6.41. The Morgan fingerprint density at radius 3 is 2.79 bits per heavy atom. The summed E-state index contributed by atoms with van der Waals surface area (Å²) in [5.74, 6) is 0. The van der Waals surface area contributed by atoms with Crippen molar-refractivity contribution in [1.82, 2.24) is 15.8 Å². The van der Waals surface area contributed by atoms with Gasteiger partial charge in [0, 0.05) is 17.3 Å². The van der Waals surface area contributed by atoms with Gasteiger partial charge in [-0.1, -0.05) is 43.5 Å². The molecule has 0 aromatic heterocycles. The minimum Gasteiger partial charge on any atom is -0.322 e. The van der Waals surface area contributed by atoms with Crippen LogP contribution in [0.1, 0.15) is 38.2 Å². The van der Waals surface area contributed by atoms with Crippen LogP contribution in [0.15, 0.2) is 36.0 Å². The number of nitrogens with one attached hydrogen (secondary N) is 2. The molecule has 0 amide bonds. The number of rotatable bonds is 5. The Kier molecular flexibility index (Phi) is 5.41. The largest absolute Gasteiger partial charge is 0.322 e. The van der Waals surface area contributed by atoms with Crippen molar-refractivity contribution in [3.05, 3.63) is 46.6 Å². The van der Waals surface area contributed by atoms with Crippen LogP contribution < -0.4 is 10.7 Å². The van der Waals surface area contributed by atoms with E-state index in [0.717, 1.165) is 23.4 Å². The van der Waals surface area contributed by atoms with Crippen molar-refractivity contribution in [2.45, 2.75) is 49.7 Å². The summed E-state index contributed by atoms with van der Waals surface area (Å²) in [6, 6.07) is 10.8. The van der Waals surface area contributed by atoms with E-state index in [1.165, 1.54) is 18.4 Å². The van der Waals surface area contributed by atoms with E-state index < -0.39 is 0 Å². The first-order valence-electron chi connectivity index (χ1n) is 8.37. The highest BCUT2D eigenvalue weighted by Gasteiger charge is 2.50. The Bertz CT molecular complexity index is 654. The lowest BCUT2D eigenvalue weighted by atomic mass is 9.91. The molecule has 4 nitrogen and oxygen atoms in total. The fourth-order valence-electron chi connectivity index (χ4n) is 3.62. The van der Waals surface area contributed by atoms with E-state index >= 15 is 0 Å². The van der Waals surface area contributed by atoms with E-state index in [9.17, 15) is 5.26 Å². The van der Waals surface area contributed by atoms with E-state index in [1.54, 1.807) is 0 Å². The van der Waals surface area contributed by atoms with Gasteiger partial charge in [0.2, 0.25) is 0 Å². The van der Waals surface area contributed by atoms with E-state index in [2.05, 4.69) is 47.1 Å². The van der Waals surface area contributed by atoms with E-state index in [-0.39, 0.29) is 11.0 Å². The van der Waals surface area contributed by atoms with E-state index in [4.69, 9.17) is 11.6 Å². The van der Waals surface area contributed by atoms with Crippen molar-refractivity contribution in [3.63, 3.8) is 0 Å². The predicted molar refractivity (Wildman–Crippen MR) is 100 cm³/mol. The van der Waals surface area contributed by atoms with Crippen LogP contribution in [0.5, 0.6) is 0 Å². The Morgan fingerprint density at radius 2 is 2.17 bits per heavy atom. The number of hydrogen-bond donors (Lipinski definition) is 2. The lowest BCUT2D eigenvalue weighted by Gasteiger charge is -2.50. The predicted octanol–water partition coefficient (Wildman–Crippen LogP) is 3.96. The van der Waals surface area contributed by atoms with Crippen LogP contribution in [0.2, 0.25) is 5.02 Å². The van der Waals surface area contributed by atoms with Crippen LogP contribution >= 0.6 is 23.4 Å². The van der Waals surface area contributed by atoms with E-state index in [0.29, 0.717) is 6.04 Å². The van der Waals surface area contributed by atoms with E-state index in [1.807, 2.05) is 30.1 Å². The minimum atomic E-state index is -0.228. The topological polar surface area (TPSA) is 51.1 Å². The molecule has 1 aromatic rings. The summed E-state index contributed by atoms with van der Waals surface area (Å²) in [7, 11) is 0. The van der Waals surface area contributed by atoms with Gasteiger partial charge < -0.3 is 5.43 Å². The van der Waals surface area contributed by atoms with Gasteiger partial charge >= 0.3 is 0 Å². The lowest BCUT2D eigenvalue weighted by molar-refractivity contribution is 0.0231. The molecular weight excluding hydrogens is 340 g/mol. The molecule has 2 aliphatic rings. The first-order chi connectivity index (χ1) is 11.6. The first-order valence-corrected chi connectivity index (χ1v) is 9.97. The number of fused-ring (bicyclic) bond motifs is 1. The molecular formula is C18H23ClN4S. The zero-order valence-electron chi connectivity index (χ0n) is 14.1. The van der Waals surface area contributed by atoms with Gasteiger partial charge in [0.1, 0.15) is 11.0 Å². The molecule has 0 aliphatic carbocycles. The molecule has 1 aromatic carbocycles. The van der Waals surface area contributed by atoms with Crippen molar-refractivity contribution >= 4 is 23.4 Å². The third-order valence-electron chi connectivity index (χ3n) is 4.89. The Balaban J connectivity index is 1.98. The molecule has 2 aliphatic heterocycles. The summed E-state index contributed by atoms with van der Waals surface area (Å²) in [5.41, 5.74) is 5.28. The van der Waals surface area contributed by atoms with Crippen molar-refractivity contribution in [3.8, 4) is 6.07 Å². The highest BCUT2D eigenvalue weighted by molar-refractivity contribution is 7.99. The molecule has 2 N–H and O–H groups in total. The number of hydrazine groups is 1. The Morgan fingerprint density at radius 1 is 1.42 bits per heavy atom. The SMILES string of the molecule is CCCCC1CC(SC)(c2ccc(Cl)cc2)N2NC=C(C#N)C2N1. The maximum Gasteiger partial charge on any atom is 0.117 e. The minimum absolute atomic E-state index is 0.0891. The number of thioether (sulfide) groups is 1. The van der Waals surface area contributed by atoms with Crippen LogP contribution in [0.4, 0.5) is 0 Å². The maximum absolute atomic E-state index is 9.47. The van der Waals surface area contributed by atoms with Crippen LogP contribution in [-0.4, -0.2) is 23.5 Å². The average Bonchev–Trinajstić information content (AvgIpc) is 3.03. The van der Waals surface area contributed by atoms with Crippen molar-refractivity contribution < 1.29 is 0 Å². The molecule has 0 bridgehead atoms. The number of nitriles is 1. The van der Waals surface area contributed by atoms with Crippen LogP contribution in [-0.2, 0) is 4.87 Å². The zero-order chi connectivity index (χ0) is 17.2. The van der Waals surface area contributed by atoms with Gasteiger partial charge in [-0.2, -0.15) is 10.3 Å². The van der Waals surface area contributed by atoms with Gasteiger partial charge in [-0.3, -0.25) is 5.32 Å². The van der Waals surface area contributed by atoms with Gasteiger partial charge in [0.25, 0.3) is 0 Å². The second-order valence-corrected chi connectivity index (χ2v) is 7.84. The highest BCUT2D eigenvalue weighted by Crippen LogP contribution is 2.47. The molecule has 3 rings (SSSR count). The van der Waals surface area contributed by atoms with Crippen molar-refractivity contribution in [2.75, 3.05) is 6.26 Å². The molecule has 3 atom stereocenters. The molecule has 0 spiro atoms. The van der Waals surface area contributed by atoms with Crippen LogP contribution in [0, 0.1) is 11.3 Å². The van der Waals surface area contributed by atoms with Gasteiger partial charge in [-0.25, -0.2) is 0 Å². The smallest absolute Gasteiger partial charge is 0.117 e. The normalized spacial score (nSPS) is 29.5. The number of unbranched alkanes of at least 4 members (excludes halogenated alkanes) is 1. The second-order valence-electron chi connectivity index (χ2n) is 6.32. The van der Waals surface area contributed by atoms with Gasteiger partial charge in [-0.05, 0) is 36.8 Å². The monoisotopic (exact) mass is 362 g/mol. The third kappa shape index (κ3) is 3.04. The Labute approximate surface area is 153 Å². The fourth-order valence-corrected chi connectivity index (χ4v) is 4.84. The fraction of sp³-hybridized carbons (Fsp3) is 0.500. The van der Waals surface area contributed by atoms with Crippen molar-refractivity contribution in [2.24, 2.45) is 0 Å². The molecule has 1 saturated heterocycles. The summed E-state index contributed by atoms with van der Waals surface area (Å²) in [4.78, 5) is -0.228. The molecule has 0 saturated carbocycles. The van der Waals surface area contributed by atoms with Gasteiger partial charge in [0.15, 0.2) is 0 Å². The summed E-state index contributed by atoms with van der Waals surface area (Å²) >= 11 is 7.91. The zero-order valence-corrected chi connectivity index (χ0v) is 15.6. The number of halogens is 1. The van der Waals surface area contributed by atoms with Gasteiger partial charge in [-0.15, -0.1) is 11.8 Å². The molecule has 3 unspecified atom stereocenters. The van der Waals surface area contributed by atoms with Gasteiger partial charge in [0.05, 0.1) is 11.6 Å². The Hall–Kier alpha value is -1.19. The lowest BCUT2D eigenvalue weighted by Crippen LogP contribution is -2.65. The number of hydrogen-bond acceptors (Lipinski definition) is 5.